The van der Waals surface area contributed by atoms with Gasteiger partial charge in [0.1, 0.15) is 5.75 Å². The smallest absolute Gasteiger partial charge is 0.330 e. The molecule has 0 saturated heterocycles. The summed E-state index contributed by atoms with van der Waals surface area (Å²) in [5.41, 5.74) is 5.76. The Kier molecular flexibility index (Phi) is 6.23. The molecule has 0 bridgehead atoms. The van der Waals surface area contributed by atoms with E-state index in [1.807, 2.05) is 0 Å². The Morgan fingerprint density at radius 1 is 1.18 bits per heavy atom. The highest BCUT2D eigenvalue weighted by Gasteiger charge is 2.23. The van der Waals surface area contributed by atoms with Gasteiger partial charge in [0.15, 0.2) is 11.8 Å². The van der Waals surface area contributed by atoms with Crippen molar-refractivity contribution in [1.29, 1.82) is 0 Å². The van der Waals surface area contributed by atoms with Crippen molar-refractivity contribution in [2.45, 2.75) is 6.04 Å². The Balaban J connectivity index is 0.00000256. The molecule has 0 saturated carbocycles. The fourth-order valence-electron chi connectivity index (χ4n) is 1.17. The molecule has 1 unspecified atom stereocenters. The third-order valence-corrected chi connectivity index (χ3v) is 2.11. The SMILES string of the molecule is COC(=O)C(N)C(=O)c1ccc(OC)cc1.Cl. The minimum absolute atomic E-state index is 0. The molecule has 1 atom stereocenters. The third kappa shape index (κ3) is 3.72. The molecule has 5 nitrogen and oxygen atoms in total. The number of hydrogen-bond donors (Lipinski definition) is 1. The molecule has 0 aromatic heterocycles. The Bertz CT molecular complexity index is 391. The van der Waals surface area contributed by atoms with Crippen molar-refractivity contribution in [2.24, 2.45) is 5.73 Å². The zero-order chi connectivity index (χ0) is 12.1. The number of Topliss-reactive ketones (excluding diaryl/α,β-unsaturated/α-hetero) is 1. The van der Waals surface area contributed by atoms with Crippen LogP contribution in [-0.2, 0) is 9.53 Å². The lowest BCUT2D eigenvalue weighted by Gasteiger charge is -2.08. The lowest BCUT2D eigenvalue weighted by Crippen LogP contribution is -2.39. The maximum absolute atomic E-state index is 11.7. The van der Waals surface area contributed by atoms with Crippen LogP contribution in [0.5, 0.6) is 5.75 Å². The standard InChI is InChI=1S/C11H13NO4.ClH/c1-15-8-5-3-7(4-6-8)10(13)9(12)11(14)16-2;/h3-6,9H,12H2,1-2H3;1H. The number of rotatable bonds is 4. The number of carbonyl (C=O) groups excluding carboxylic acids is 2. The molecule has 1 aromatic carbocycles. The molecule has 0 heterocycles. The molecule has 0 fully saturated rings. The van der Waals surface area contributed by atoms with Crippen LogP contribution in [0.3, 0.4) is 0 Å². The molecule has 0 radical (unpaired) electrons. The van der Waals surface area contributed by atoms with Crippen LogP contribution >= 0.6 is 12.4 Å². The molecule has 0 amide bonds. The number of nitrogens with two attached hydrogens (primary N) is 1. The predicted octanol–water partition coefficient (Wildman–Crippen LogP) is 0.800. The first-order valence-corrected chi connectivity index (χ1v) is 4.62. The number of hydrogen-bond acceptors (Lipinski definition) is 5. The van der Waals surface area contributed by atoms with Crippen LogP contribution in [0.4, 0.5) is 0 Å². The highest BCUT2D eigenvalue weighted by molar-refractivity contribution is 6.11. The second-order valence-corrected chi connectivity index (χ2v) is 3.09. The van der Waals surface area contributed by atoms with Gasteiger partial charge < -0.3 is 15.2 Å². The molecule has 94 valence electrons. The molecular formula is C11H14ClNO4. The second-order valence-electron chi connectivity index (χ2n) is 3.09. The van der Waals surface area contributed by atoms with Gasteiger partial charge >= 0.3 is 5.97 Å². The number of ether oxygens (including phenoxy) is 2. The van der Waals surface area contributed by atoms with Crippen LogP contribution in [0.25, 0.3) is 0 Å². The third-order valence-electron chi connectivity index (χ3n) is 2.11. The van der Waals surface area contributed by atoms with E-state index < -0.39 is 17.8 Å². The molecule has 0 spiro atoms. The van der Waals surface area contributed by atoms with Gasteiger partial charge in [0, 0.05) is 5.56 Å². The van der Waals surface area contributed by atoms with Crippen molar-refractivity contribution >= 4 is 24.2 Å². The summed E-state index contributed by atoms with van der Waals surface area (Å²) in [6.45, 7) is 0. The van der Waals surface area contributed by atoms with Gasteiger partial charge in [-0.25, -0.2) is 4.79 Å². The van der Waals surface area contributed by atoms with E-state index in [9.17, 15) is 9.59 Å². The first kappa shape index (κ1) is 15.4. The molecule has 2 N–H and O–H groups in total. The molecule has 0 aliphatic rings. The topological polar surface area (TPSA) is 78.6 Å². The average Bonchev–Trinajstić information content (AvgIpc) is 2.36. The van der Waals surface area contributed by atoms with Crippen LogP contribution in [-0.4, -0.2) is 32.0 Å². The number of methoxy groups -OCH3 is 2. The maximum atomic E-state index is 11.7. The van der Waals surface area contributed by atoms with E-state index >= 15 is 0 Å². The highest BCUT2D eigenvalue weighted by Crippen LogP contribution is 2.12. The molecule has 17 heavy (non-hydrogen) atoms. The quantitative estimate of drug-likeness (QED) is 0.492. The van der Waals surface area contributed by atoms with Gasteiger partial charge in [0.05, 0.1) is 14.2 Å². The van der Waals surface area contributed by atoms with E-state index in [1.165, 1.54) is 14.2 Å². The highest BCUT2D eigenvalue weighted by atomic mass is 35.5. The number of ketones is 1. The summed E-state index contributed by atoms with van der Waals surface area (Å²) in [7, 11) is 2.71. The van der Waals surface area contributed by atoms with E-state index in [1.54, 1.807) is 24.3 Å². The summed E-state index contributed by atoms with van der Waals surface area (Å²) < 4.78 is 9.33. The lowest BCUT2D eigenvalue weighted by atomic mass is 10.1. The van der Waals surface area contributed by atoms with Crippen LogP contribution < -0.4 is 10.5 Å². The fourth-order valence-corrected chi connectivity index (χ4v) is 1.17. The Morgan fingerprint density at radius 2 is 1.71 bits per heavy atom. The van der Waals surface area contributed by atoms with Crippen LogP contribution in [0.1, 0.15) is 10.4 Å². The van der Waals surface area contributed by atoms with Crippen molar-refractivity contribution in [2.75, 3.05) is 14.2 Å². The first-order chi connectivity index (χ1) is 7.60. The van der Waals surface area contributed by atoms with Gasteiger partial charge in [0.2, 0.25) is 0 Å². The number of halogens is 1. The Morgan fingerprint density at radius 3 is 2.12 bits per heavy atom. The van der Waals surface area contributed by atoms with Gasteiger partial charge in [-0.2, -0.15) is 0 Å². The summed E-state index contributed by atoms with van der Waals surface area (Å²) in [6, 6.07) is 5.06. The molecule has 0 aliphatic heterocycles. The zero-order valence-corrected chi connectivity index (χ0v) is 10.3. The summed E-state index contributed by atoms with van der Waals surface area (Å²) >= 11 is 0. The maximum Gasteiger partial charge on any atom is 0.330 e. The number of benzene rings is 1. The minimum Gasteiger partial charge on any atom is -0.497 e. The molecule has 6 heteroatoms. The summed E-state index contributed by atoms with van der Waals surface area (Å²) in [4.78, 5) is 22.7. The van der Waals surface area contributed by atoms with E-state index in [-0.39, 0.29) is 12.4 Å². The van der Waals surface area contributed by atoms with Crippen molar-refractivity contribution in [3.8, 4) is 5.75 Å². The second kappa shape index (κ2) is 6.88. The summed E-state index contributed by atoms with van der Waals surface area (Å²) in [6.07, 6.45) is 0. The first-order valence-electron chi connectivity index (χ1n) is 4.62. The predicted molar refractivity (Wildman–Crippen MR) is 64.6 cm³/mol. The van der Waals surface area contributed by atoms with Crippen molar-refractivity contribution in [3.05, 3.63) is 29.8 Å². The van der Waals surface area contributed by atoms with Crippen molar-refractivity contribution in [1.82, 2.24) is 0 Å². The molecule has 1 rings (SSSR count). The van der Waals surface area contributed by atoms with E-state index in [4.69, 9.17) is 10.5 Å². The van der Waals surface area contributed by atoms with E-state index in [2.05, 4.69) is 4.74 Å². The number of carbonyl (C=O) groups is 2. The zero-order valence-electron chi connectivity index (χ0n) is 9.51. The van der Waals surface area contributed by atoms with Crippen molar-refractivity contribution in [3.63, 3.8) is 0 Å². The van der Waals surface area contributed by atoms with E-state index in [0.717, 1.165) is 0 Å². The van der Waals surface area contributed by atoms with E-state index in [0.29, 0.717) is 11.3 Å². The average molecular weight is 260 g/mol. The van der Waals surface area contributed by atoms with Gasteiger partial charge in [-0.15, -0.1) is 12.4 Å². The van der Waals surface area contributed by atoms with Gasteiger partial charge in [-0.3, -0.25) is 4.79 Å². The molecule has 1 aromatic rings. The Labute approximate surface area is 105 Å². The minimum atomic E-state index is -1.28. The lowest BCUT2D eigenvalue weighted by molar-refractivity contribution is -0.140. The largest absolute Gasteiger partial charge is 0.497 e. The molecule has 0 aliphatic carbocycles. The monoisotopic (exact) mass is 259 g/mol. The summed E-state index contributed by atoms with van der Waals surface area (Å²) in [5, 5.41) is 0. The van der Waals surface area contributed by atoms with Crippen LogP contribution in [0.2, 0.25) is 0 Å². The van der Waals surface area contributed by atoms with Gasteiger partial charge in [-0.1, -0.05) is 0 Å². The van der Waals surface area contributed by atoms with Gasteiger partial charge in [0.25, 0.3) is 0 Å². The van der Waals surface area contributed by atoms with Crippen LogP contribution in [0, 0.1) is 0 Å². The summed E-state index contributed by atoms with van der Waals surface area (Å²) in [5.74, 6) is -0.599. The number of esters is 1. The van der Waals surface area contributed by atoms with Gasteiger partial charge in [-0.05, 0) is 24.3 Å². The normalized spacial score (nSPS) is 11.0. The van der Waals surface area contributed by atoms with Crippen molar-refractivity contribution < 1.29 is 19.1 Å². The van der Waals surface area contributed by atoms with Crippen LogP contribution in [0.15, 0.2) is 24.3 Å². The Hall–Kier alpha value is -1.59. The molecular weight excluding hydrogens is 246 g/mol. The fraction of sp³-hybridized carbons (Fsp3) is 0.273.